The smallest absolute Gasteiger partial charge is 0.253 e. The van der Waals surface area contributed by atoms with E-state index in [1.807, 2.05) is 53.9 Å². The normalized spacial score (nSPS) is 15.5. The lowest BCUT2D eigenvalue weighted by Crippen LogP contribution is -2.28. The van der Waals surface area contributed by atoms with Crippen molar-refractivity contribution in [1.29, 1.82) is 0 Å². The molecule has 3 aromatic heterocycles. The highest BCUT2D eigenvalue weighted by Gasteiger charge is 2.34. The number of hydrogen-bond donors (Lipinski definition) is 1. The molecule has 0 saturated heterocycles. The summed E-state index contributed by atoms with van der Waals surface area (Å²) in [6.07, 6.45) is 2.24. The third-order valence-electron chi connectivity index (χ3n) is 4.91. The van der Waals surface area contributed by atoms with E-state index in [4.69, 9.17) is 9.15 Å². The molecule has 1 unspecified atom stereocenters. The molecule has 0 aliphatic carbocycles. The summed E-state index contributed by atoms with van der Waals surface area (Å²) in [6, 6.07) is 15.1. The van der Waals surface area contributed by atoms with Gasteiger partial charge >= 0.3 is 0 Å². The zero-order valence-corrected chi connectivity index (χ0v) is 20.0. The Morgan fingerprint density at radius 1 is 1.24 bits per heavy atom. The number of ether oxygens (including phenoxy) is 1. The van der Waals surface area contributed by atoms with Crippen molar-refractivity contribution in [2.24, 2.45) is 5.10 Å². The standard InChI is InChI=1S/C22H19N5O3S3/c1-29-15-8-6-14(7-9-15)23-21-24-25-22(33-21)32-13-20(28)27-17(19-5-3-11-31-19)12-16(26-27)18-4-2-10-30-18/h2-11,17H,12-13H2,1H3,(H,23,24). The summed E-state index contributed by atoms with van der Waals surface area (Å²) in [5.41, 5.74) is 1.66. The van der Waals surface area contributed by atoms with Gasteiger partial charge in [0.05, 0.1) is 25.2 Å². The molecular weight excluding hydrogens is 478 g/mol. The second-order valence-electron chi connectivity index (χ2n) is 7.01. The van der Waals surface area contributed by atoms with Crippen LogP contribution in [-0.2, 0) is 4.79 Å². The molecule has 0 spiro atoms. The van der Waals surface area contributed by atoms with Gasteiger partial charge in [0.15, 0.2) is 4.34 Å². The minimum atomic E-state index is -0.125. The predicted molar refractivity (Wildman–Crippen MR) is 131 cm³/mol. The van der Waals surface area contributed by atoms with Crippen LogP contribution in [0.25, 0.3) is 0 Å². The van der Waals surface area contributed by atoms with Crippen LogP contribution in [0.4, 0.5) is 10.8 Å². The number of aromatic nitrogens is 2. The fourth-order valence-corrected chi connectivity index (χ4v) is 5.78. The first-order chi connectivity index (χ1) is 16.2. The Labute approximate surface area is 202 Å². The lowest BCUT2D eigenvalue weighted by atomic mass is 10.1. The number of nitrogens with zero attached hydrogens (tertiary/aromatic N) is 4. The maximum absolute atomic E-state index is 13.1. The van der Waals surface area contributed by atoms with Crippen molar-refractivity contribution in [3.63, 3.8) is 0 Å². The van der Waals surface area contributed by atoms with Crippen LogP contribution in [-0.4, -0.2) is 39.7 Å². The molecular formula is C22H19N5O3S3. The van der Waals surface area contributed by atoms with Crippen LogP contribution >= 0.6 is 34.4 Å². The molecule has 168 valence electrons. The van der Waals surface area contributed by atoms with Gasteiger partial charge in [-0.15, -0.1) is 21.5 Å². The number of rotatable bonds is 8. The number of nitrogens with one attached hydrogen (secondary N) is 1. The highest BCUT2D eigenvalue weighted by Crippen LogP contribution is 2.36. The summed E-state index contributed by atoms with van der Waals surface area (Å²) in [4.78, 5) is 14.2. The average Bonchev–Trinajstić information content (AvgIpc) is 3.63. The van der Waals surface area contributed by atoms with Gasteiger partial charge in [-0.1, -0.05) is 29.2 Å². The average molecular weight is 498 g/mol. The number of methoxy groups -OCH3 is 1. The molecule has 0 saturated carbocycles. The molecule has 0 fully saturated rings. The second-order valence-corrected chi connectivity index (χ2v) is 10.2. The number of thiophene rings is 1. The zero-order valence-electron chi connectivity index (χ0n) is 17.5. The van der Waals surface area contributed by atoms with Crippen LogP contribution in [0.2, 0.25) is 0 Å². The van der Waals surface area contributed by atoms with Gasteiger partial charge in [0.2, 0.25) is 5.13 Å². The topological polar surface area (TPSA) is 92.8 Å². The van der Waals surface area contributed by atoms with E-state index in [0.717, 1.165) is 22.0 Å². The van der Waals surface area contributed by atoms with Crippen molar-refractivity contribution >= 4 is 56.9 Å². The van der Waals surface area contributed by atoms with E-state index in [1.54, 1.807) is 29.7 Å². The highest BCUT2D eigenvalue weighted by atomic mass is 32.2. The van der Waals surface area contributed by atoms with Gasteiger partial charge < -0.3 is 14.5 Å². The van der Waals surface area contributed by atoms with E-state index in [2.05, 4.69) is 20.6 Å². The van der Waals surface area contributed by atoms with Crippen LogP contribution in [0, 0.1) is 0 Å². The number of amides is 1. The number of anilines is 2. The number of carbonyl (C=O) groups is 1. The van der Waals surface area contributed by atoms with Crippen molar-refractivity contribution in [3.05, 3.63) is 70.8 Å². The largest absolute Gasteiger partial charge is 0.497 e. The molecule has 8 nitrogen and oxygen atoms in total. The summed E-state index contributed by atoms with van der Waals surface area (Å²) >= 11 is 4.37. The number of benzene rings is 1. The first-order valence-electron chi connectivity index (χ1n) is 10.0. The van der Waals surface area contributed by atoms with Crippen LogP contribution in [0.15, 0.2) is 74.0 Å². The third-order valence-corrected chi connectivity index (χ3v) is 7.84. The molecule has 5 rings (SSSR count). The van der Waals surface area contributed by atoms with Crippen LogP contribution < -0.4 is 10.1 Å². The second kappa shape index (κ2) is 9.77. The number of hydrogen-bond acceptors (Lipinski definition) is 10. The third kappa shape index (κ3) is 4.95. The molecule has 1 aliphatic rings. The molecule has 1 amide bonds. The fourth-order valence-electron chi connectivity index (χ4n) is 3.34. The minimum Gasteiger partial charge on any atom is -0.497 e. The van der Waals surface area contributed by atoms with Crippen LogP contribution in [0.5, 0.6) is 5.75 Å². The Bertz CT molecular complexity index is 1240. The molecule has 33 heavy (non-hydrogen) atoms. The van der Waals surface area contributed by atoms with E-state index in [0.29, 0.717) is 21.7 Å². The molecule has 1 atom stereocenters. The van der Waals surface area contributed by atoms with Gasteiger partial charge in [-0.2, -0.15) is 5.10 Å². The predicted octanol–water partition coefficient (Wildman–Crippen LogP) is 5.41. The van der Waals surface area contributed by atoms with Crippen molar-refractivity contribution in [2.75, 3.05) is 18.2 Å². The maximum Gasteiger partial charge on any atom is 0.253 e. The SMILES string of the molecule is COc1ccc(Nc2nnc(SCC(=O)N3N=C(c4ccco4)CC3c3cccs3)s2)cc1. The number of furan rings is 1. The van der Waals surface area contributed by atoms with Crippen molar-refractivity contribution in [2.45, 2.75) is 16.8 Å². The molecule has 1 aromatic carbocycles. The van der Waals surface area contributed by atoms with Crippen molar-refractivity contribution in [1.82, 2.24) is 15.2 Å². The monoisotopic (exact) mass is 497 g/mol. The van der Waals surface area contributed by atoms with E-state index >= 15 is 0 Å². The van der Waals surface area contributed by atoms with E-state index < -0.39 is 0 Å². The number of hydrazone groups is 1. The summed E-state index contributed by atoms with van der Waals surface area (Å²) in [6.45, 7) is 0. The van der Waals surface area contributed by atoms with Crippen molar-refractivity contribution in [3.8, 4) is 5.75 Å². The summed E-state index contributed by atoms with van der Waals surface area (Å²) in [7, 11) is 1.63. The van der Waals surface area contributed by atoms with E-state index in [-0.39, 0.29) is 17.7 Å². The lowest BCUT2D eigenvalue weighted by molar-refractivity contribution is -0.130. The Balaban J connectivity index is 1.24. The summed E-state index contributed by atoms with van der Waals surface area (Å²) < 4.78 is 11.4. The molecule has 4 heterocycles. The molecule has 4 aromatic rings. The summed E-state index contributed by atoms with van der Waals surface area (Å²) in [5.74, 6) is 1.61. The van der Waals surface area contributed by atoms with Crippen LogP contribution in [0.1, 0.15) is 23.1 Å². The van der Waals surface area contributed by atoms with Gasteiger partial charge in [-0.3, -0.25) is 4.79 Å². The van der Waals surface area contributed by atoms with E-state index in [1.165, 1.54) is 23.1 Å². The first-order valence-corrected chi connectivity index (χ1v) is 12.7. The highest BCUT2D eigenvalue weighted by molar-refractivity contribution is 8.01. The maximum atomic E-state index is 13.1. The van der Waals surface area contributed by atoms with Gasteiger partial charge in [0.25, 0.3) is 5.91 Å². The van der Waals surface area contributed by atoms with Gasteiger partial charge in [-0.25, -0.2) is 5.01 Å². The molecule has 1 N–H and O–H groups in total. The minimum absolute atomic E-state index is 0.0835. The molecule has 11 heteroatoms. The Kier molecular flexibility index (Phi) is 6.42. The van der Waals surface area contributed by atoms with Gasteiger partial charge in [0.1, 0.15) is 17.2 Å². The lowest BCUT2D eigenvalue weighted by Gasteiger charge is -2.20. The van der Waals surface area contributed by atoms with E-state index in [9.17, 15) is 4.79 Å². The van der Waals surface area contributed by atoms with Crippen molar-refractivity contribution < 1.29 is 13.9 Å². The number of thioether (sulfide) groups is 1. The number of carbonyl (C=O) groups excluding carboxylic acids is 1. The Morgan fingerprint density at radius 2 is 2.12 bits per heavy atom. The van der Waals surface area contributed by atoms with Crippen LogP contribution in [0.3, 0.4) is 0 Å². The zero-order chi connectivity index (χ0) is 22.6. The first kappa shape index (κ1) is 21.7. The molecule has 0 radical (unpaired) electrons. The Hall–Kier alpha value is -3.15. The fraction of sp³-hybridized carbons (Fsp3) is 0.182. The van der Waals surface area contributed by atoms with Gasteiger partial charge in [-0.05, 0) is 47.8 Å². The summed E-state index contributed by atoms with van der Waals surface area (Å²) in [5, 5.41) is 20.4. The quantitative estimate of drug-likeness (QED) is 0.325. The molecule has 1 aliphatic heterocycles. The Morgan fingerprint density at radius 3 is 2.85 bits per heavy atom. The molecule has 0 bridgehead atoms. The van der Waals surface area contributed by atoms with Gasteiger partial charge in [0, 0.05) is 17.0 Å².